The molecule has 0 saturated carbocycles. The summed E-state index contributed by atoms with van der Waals surface area (Å²) < 4.78 is 14.6. The number of rotatable bonds is 3. The van der Waals surface area contributed by atoms with Crippen molar-refractivity contribution in [2.75, 3.05) is 31.1 Å². The van der Waals surface area contributed by atoms with Crippen LogP contribution in [-0.4, -0.2) is 64.9 Å². The van der Waals surface area contributed by atoms with Gasteiger partial charge in [0, 0.05) is 42.9 Å². The third-order valence-electron chi connectivity index (χ3n) is 5.58. The van der Waals surface area contributed by atoms with E-state index in [4.69, 9.17) is 0 Å². The third-order valence-corrected chi connectivity index (χ3v) is 5.58. The molecule has 27 heavy (non-hydrogen) atoms. The number of amides is 3. The van der Waals surface area contributed by atoms with Gasteiger partial charge in [0.25, 0.3) is 5.91 Å². The molecule has 0 aromatic heterocycles. The lowest BCUT2D eigenvalue weighted by Gasteiger charge is -2.30. The number of aliphatic hydroxyl groups is 1. The molecule has 3 amide bonds. The SMILES string of the molecule is O=C(CN1Cc2c(F)cc(N3CCCC3=O)cc2C1=O)N1CCC(O)CC1. The summed E-state index contributed by atoms with van der Waals surface area (Å²) in [6.07, 6.45) is 1.82. The van der Waals surface area contributed by atoms with Gasteiger partial charge < -0.3 is 19.8 Å². The molecule has 0 spiro atoms. The molecule has 0 radical (unpaired) electrons. The fourth-order valence-corrected chi connectivity index (χ4v) is 3.99. The van der Waals surface area contributed by atoms with Gasteiger partial charge in [-0.25, -0.2) is 4.39 Å². The Balaban J connectivity index is 1.49. The molecule has 3 aliphatic heterocycles. The highest BCUT2D eigenvalue weighted by Crippen LogP contribution is 2.32. The minimum atomic E-state index is -0.522. The number of piperidine rings is 1. The molecule has 7 nitrogen and oxygen atoms in total. The molecule has 144 valence electrons. The van der Waals surface area contributed by atoms with Crippen molar-refractivity contribution in [3.8, 4) is 0 Å². The molecule has 0 aliphatic carbocycles. The number of halogens is 1. The van der Waals surface area contributed by atoms with Crippen molar-refractivity contribution in [3.63, 3.8) is 0 Å². The first-order valence-corrected chi connectivity index (χ1v) is 9.32. The molecule has 0 unspecified atom stereocenters. The quantitative estimate of drug-likeness (QED) is 0.851. The first kappa shape index (κ1) is 17.9. The van der Waals surface area contributed by atoms with E-state index < -0.39 is 5.82 Å². The summed E-state index contributed by atoms with van der Waals surface area (Å²) in [7, 11) is 0. The summed E-state index contributed by atoms with van der Waals surface area (Å²) in [6.45, 7) is 1.39. The molecular weight excluding hydrogens is 353 g/mol. The molecule has 2 fully saturated rings. The van der Waals surface area contributed by atoms with Crippen LogP contribution in [0.2, 0.25) is 0 Å². The summed E-state index contributed by atoms with van der Waals surface area (Å²) in [5.41, 5.74) is 0.907. The summed E-state index contributed by atoms with van der Waals surface area (Å²) in [5.74, 6) is -1.17. The van der Waals surface area contributed by atoms with Crippen molar-refractivity contribution in [1.82, 2.24) is 9.80 Å². The highest BCUT2D eigenvalue weighted by molar-refractivity contribution is 6.03. The van der Waals surface area contributed by atoms with Gasteiger partial charge in [-0.05, 0) is 31.4 Å². The average Bonchev–Trinajstić information content (AvgIpc) is 3.20. The maximum absolute atomic E-state index is 14.6. The molecule has 1 aromatic carbocycles. The molecule has 3 heterocycles. The van der Waals surface area contributed by atoms with Gasteiger partial charge in [0.15, 0.2) is 0 Å². The van der Waals surface area contributed by atoms with Crippen LogP contribution in [0.3, 0.4) is 0 Å². The minimum Gasteiger partial charge on any atom is -0.393 e. The lowest BCUT2D eigenvalue weighted by atomic mass is 10.1. The molecule has 4 rings (SSSR count). The Hall–Kier alpha value is -2.48. The predicted molar refractivity (Wildman–Crippen MR) is 94.5 cm³/mol. The van der Waals surface area contributed by atoms with Crippen molar-refractivity contribution >= 4 is 23.4 Å². The maximum atomic E-state index is 14.6. The van der Waals surface area contributed by atoms with E-state index in [1.54, 1.807) is 11.0 Å². The van der Waals surface area contributed by atoms with Gasteiger partial charge in [0.2, 0.25) is 11.8 Å². The van der Waals surface area contributed by atoms with Gasteiger partial charge in [0.1, 0.15) is 12.4 Å². The van der Waals surface area contributed by atoms with Crippen LogP contribution < -0.4 is 4.90 Å². The number of benzene rings is 1. The monoisotopic (exact) mass is 375 g/mol. The highest BCUT2D eigenvalue weighted by Gasteiger charge is 2.34. The van der Waals surface area contributed by atoms with Gasteiger partial charge in [-0.2, -0.15) is 0 Å². The number of nitrogens with zero attached hydrogens (tertiary/aromatic N) is 3. The zero-order chi connectivity index (χ0) is 19.1. The fourth-order valence-electron chi connectivity index (χ4n) is 3.99. The van der Waals surface area contributed by atoms with Gasteiger partial charge in [-0.3, -0.25) is 14.4 Å². The van der Waals surface area contributed by atoms with Gasteiger partial charge in [0.05, 0.1) is 12.6 Å². The zero-order valence-corrected chi connectivity index (χ0v) is 15.0. The van der Waals surface area contributed by atoms with E-state index in [0.717, 1.165) is 6.42 Å². The Labute approximate surface area is 156 Å². The summed E-state index contributed by atoms with van der Waals surface area (Å²) in [6, 6.07) is 2.86. The first-order valence-electron chi connectivity index (χ1n) is 9.32. The number of aliphatic hydroxyl groups excluding tert-OH is 1. The van der Waals surface area contributed by atoms with Gasteiger partial charge >= 0.3 is 0 Å². The van der Waals surface area contributed by atoms with Crippen LogP contribution in [0.15, 0.2) is 12.1 Å². The summed E-state index contributed by atoms with van der Waals surface area (Å²) in [4.78, 5) is 41.6. The number of hydrogen-bond acceptors (Lipinski definition) is 4. The van der Waals surface area contributed by atoms with Crippen LogP contribution in [-0.2, 0) is 16.1 Å². The van der Waals surface area contributed by atoms with Crippen molar-refractivity contribution in [2.45, 2.75) is 38.3 Å². The third kappa shape index (κ3) is 3.29. The van der Waals surface area contributed by atoms with Crippen LogP contribution in [0.25, 0.3) is 0 Å². The Bertz CT molecular complexity index is 804. The average molecular weight is 375 g/mol. The second-order valence-corrected chi connectivity index (χ2v) is 7.38. The van der Waals surface area contributed by atoms with Crippen molar-refractivity contribution in [2.24, 2.45) is 0 Å². The molecule has 0 atom stereocenters. The van der Waals surface area contributed by atoms with E-state index in [0.29, 0.717) is 44.6 Å². The standard InChI is InChI=1S/C19H22FN3O4/c20-16-9-12(23-5-1-2-17(23)25)8-14-15(16)10-22(19(14)27)11-18(26)21-6-3-13(24)4-7-21/h8-9,13,24H,1-7,10-11H2. The number of hydrogen-bond donors (Lipinski definition) is 1. The van der Waals surface area contributed by atoms with Gasteiger partial charge in [-0.15, -0.1) is 0 Å². The molecule has 3 aliphatic rings. The first-order chi connectivity index (χ1) is 12.9. The van der Waals surface area contributed by atoms with Crippen molar-refractivity contribution in [1.29, 1.82) is 0 Å². The molecular formula is C19H22FN3O4. The van der Waals surface area contributed by atoms with E-state index in [2.05, 4.69) is 0 Å². The topological polar surface area (TPSA) is 81.2 Å². The Morgan fingerprint density at radius 1 is 1.19 bits per heavy atom. The van der Waals surface area contributed by atoms with Crippen LogP contribution in [0.5, 0.6) is 0 Å². The predicted octanol–water partition coefficient (Wildman–Crippen LogP) is 0.892. The van der Waals surface area contributed by atoms with Gasteiger partial charge in [-0.1, -0.05) is 0 Å². The zero-order valence-electron chi connectivity index (χ0n) is 15.0. The van der Waals surface area contributed by atoms with E-state index in [1.807, 2.05) is 0 Å². The maximum Gasteiger partial charge on any atom is 0.255 e. The molecule has 1 N–H and O–H groups in total. The van der Waals surface area contributed by atoms with E-state index >= 15 is 0 Å². The van der Waals surface area contributed by atoms with Crippen molar-refractivity contribution < 1.29 is 23.9 Å². The van der Waals surface area contributed by atoms with E-state index in [9.17, 15) is 23.9 Å². The second-order valence-electron chi connectivity index (χ2n) is 7.38. The molecule has 2 saturated heterocycles. The van der Waals surface area contributed by atoms with Crippen LogP contribution in [0.1, 0.15) is 41.6 Å². The largest absolute Gasteiger partial charge is 0.393 e. The Morgan fingerprint density at radius 2 is 1.93 bits per heavy atom. The van der Waals surface area contributed by atoms with E-state index in [1.165, 1.54) is 15.9 Å². The lowest BCUT2D eigenvalue weighted by Crippen LogP contribution is -2.45. The fraction of sp³-hybridized carbons (Fsp3) is 0.526. The van der Waals surface area contributed by atoms with Crippen LogP contribution in [0.4, 0.5) is 10.1 Å². The smallest absolute Gasteiger partial charge is 0.255 e. The van der Waals surface area contributed by atoms with Crippen molar-refractivity contribution in [3.05, 3.63) is 29.1 Å². The molecule has 8 heteroatoms. The van der Waals surface area contributed by atoms with Crippen LogP contribution >= 0.6 is 0 Å². The normalized spacial score (nSPS) is 20.6. The number of fused-ring (bicyclic) bond motifs is 1. The number of carbonyl (C=O) groups is 3. The number of carbonyl (C=O) groups excluding carboxylic acids is 3. The summed E-state index contributed by atoms with van der Waals surface area (Å²) in [5, 5.41) is 9.55. The lowest BCUT2D eigenvalue weighted by molar-refractivity contribution is -0.134. The highest BCUT2D eigenvalue weighted by atomic mass is 19.1. The molecule has 1 aromatic rings. The van der Waals surface area contributed by atoms with Crippen LogP contribution in [0, 0.1) is 5.82 Å². The second kappa shape index (κ2) is 6.92. The Kier molecular flexibility index (Phi) is 4.59. The minimum absolute atomic E-state index is 0.0520. The Morgan fingerprint density at radius 3 is 2.59 bits per heavy atom. The van der Waals surface area contributed by atoms with E-state index in [-0.39, 0.29) is 48.0 Å². The number of likely N-dealkylation sites (tertiary alicyclic amines) is 1. The summed E-state index contributed by atoms with van der Waals surface area (Å²) >= 11 is 0. The molecule has 0 bridgehead atoms. The number of anilines is 1.